The number of aryl methyl sites for hydroxylation is 1. The van der Waals surface area contributed by atoms with E-state index >= 15 is 0 Å². The molecule has 148 valence electrons. The van der Waals surface area contributed by atoms with Gasteiger partial charge in [0.1, 0.15) is 10.3 Å². The first-order chi connectivity index (χ1) is 12.9. The fraction of sp³-hybridized carbons (Fsp3) is 0.556. The van der Waals surface area contributed by atoms with Crippen molar-refractivity contribution in [1.82, 2.24) is 4.90 Å². The van der Waals surface area contributed by atoms with Crippen molar-refractivity contribution in [1.29, 1.82) is 0 Å². The summed E-state index contributed by atoms with van der Waals surface area (Å²) in [5.74, 6) is -0.870. The Balaban J connectivity index is 2.16. The molecule has 0 aromatic carbocycles. The van der Waals surface area contributed by atoms with Crippen LogP contribution in [-0.2, 0) is 20.7 Å². The van der Waals surface area contributed by atoms with Gasteiger partial charge < -0.3 is 10.1 Å². The Morgan fingerprint density at radius 3 is 2.56 bits per heavy atom. The average molecular weight is 412 g/mol. The molecule has 1 aliphatic rings. The van der Waals surface area contributed by atoms with Gasteiger partial charge in [0.05, 0.1) is 12.7 Å². The number of ether oxygens (including phenoxy) is 1. The molecule has 1 fully saturated rings. The van der Waals surface area contributed by atoms with E-state index in [0.717, 1.165) is 10.4 Å². The second kappa shape index (κ2) is 9.36. The van der Waals surface area contributed by atoms with E-state index < -0.39 is 11.2 Å². The number of carbonyl (C=O) groups is 3. The highest BCUT2D eigenvalue weighted by Gasteiger charge is 2.38. The number of hydrogen-bond acceptors (Lipinski definition) is 7. The van der Waals surface area contributed by atoms with E-state index in [2.05, 4.69) is 10.3 Å². The van der Waals surface area contributed by atoms with Crippen LogP contribution in [0.4, 0.5) is 5.00 Å². The Kier molecular flexibility index (Phi) is 7.43. The number of aliphatic imine (C=N–C) groups is 1. The Hall–Kier alpha value is -1.87. The number of anilines is 1. The van der Waals surface area contributed by atoms with Gasteiger partial charge >= 0.3 is 5.97 Å². The number of esters is 1. The molecule has 1 N–H and O–H groups in total. The van der Waals surface area contributed by atoms with Crippen LogP contribution in [0.3, 0.4) is 0 Å². The summed E-state index contributed by atoms with van der Waals surface area (Å²) < 4.78 is 4.87. The lowest BCUT2D eigenvalue weighted by Gasteiger charge is -2.13. The number of thioether (sulfide) groups is 1. The number of amidine groups is 1. The van der Waals surface area contributed by atoms with Gasteiger partial charge in [-0.3, -0.25) is 19.5 Å². The molecular formula is C18H25N3O4S2. The first-order valence-electron chi connectivity index (χ1n) is 8.90. The van der Waals surface area contributed by atoms with Crippen LogP contribution in [0.15, 0.2) is 4.99 Å². The minimum Gasteiger partial charge on any atom is -0.465 e. The maximum Gasteiger partial charge on any atom is 0.341 e. The summed E-state index contributed by atoms with van der Waals surface area (Å²) in [7, 11) is 1.32. The zero-order chi connectivity index (χ0) is 20.1. The number of methoxy groups -OCH3 is 1. The van der Waals surface area contributed by atoms with Crippen molar-refractivity contribution in [3.63, 3.8) is 0 Å². The molecule has 0 radical (unpaired) electrons. The van der Waals surface area contributed by atoms with Gasteiger partial charge in [-0.2, -0.15) is 0 Å². The van der Waals surface area contributed by atoms with Gasteiger partial charge in [0, 0.05) is 24.4 Å². The second-order valence-corrected chi connectivity index (χ2v) is 8.28. The van der Waals surface area contributed by atoms with Crippen molar-refractivity contribution in [3.05, 3.63) is 16.0 Å². The third kappa shape index (κ3) is 4.52. The molecule has 0 saturated carbocycles. The number of thiophene rings is 1. The quantitative estimate of drug-likeness (QED) is 0.697. The minimum absolute atomic E-state index is 0.0295. The monoisotopic (exact) mass is 411 g/mol. The number of nitrogens with one attached hydrogen (secondary N) is 1. The standard InChI is InChI=1S/C18H25N3O4S2/c1-6-11-10(4)26-15(14(11)17(24)25-5)20-13(22)9-12-16(23)21(8-3)18(27-12)19-7-2/h12H,6-9H2,1-5H3,(H,20,22)/t12-/m0/s1. The van der Waals surface area contributed by atoms with Gasteiger partial charge in [0.15, 0.2) is 5.17 Å². The average Bonchev–Trinajstić information content (AvgIpc) is 3.10. The number of hydrogen-bond donors (Lipinski definition) is 1. The van der Waals surface area contributed by atoms with E-state index in [0.29, 0.717) is 35.2 Å². The maximum absolute atomic E-state index is 12.6. The van der Waals surface area contributed by atoms with Crippen LogP contribution >= 0.6 is 23.1 Å². The molecule has 7 nitrogen and oxygen atoms in total. The van der Waals surface area contributed by atoms with Crippen molar-refractivity contribution >= 4 is 51.1 Å². The highest BCUT2D eigenvalue weighted by molar-refractivity contribution is 8.15. The molecule has 2 heterocycles. The molecule has 1 aliphatic heterocycles. The Morgan fingerprint density at radius 1 is 1.30 bits per heavy atom. The molecule has 2 amide bonds. The minimum atomic E-state index is -0.497. The lowest BCUT2D eigenvalue weighted by Crippen LogP contribution is -2.33. The lowest BCUT2D eigenvalue weighted by atomic mass is 10.1. The van der Waals surface area contributed by atoms with Crippen molar-refractivity contribution in [2.45, 2.75) is 45.8 Å². The molecule has 9 heteroatoms. The normalized spacial score (nSPS) is 18.3. The highest BCUT2D eigenvalue weighted by Crippen LogP contribution is 2.35. The van der Waals surface area contributed by atoms with E-state index in [1.807, 2.05) is 27.7 Å². The zero-order valence-electron chi connectivity index (χ0n) is 16.2. The fourth-order valence-electron chi connectivity index (χ4n) is 2.94. The van der Waals surface area contributed by atoms with Crippen LogP contribution in [0.1, 0.15) is 48.0 Å². The summed E-state index contributed by atoms with van der Waals surface area (Å²) >= 11 is 2.67. The summed E-state index contributed by atoms with van der Waals surface area (Å²) in [6, 6.07) is 0. The number of rotatable bonds is 7. The van der Waals surface area contributed by atoms with E-state index in [1.165, 1.54) is 30.2 Å². The van der Waals surface area contributed by atoms with Crippen LogP contribution in [0.2, 0.25) is 0 Å². The summed E-state index contributed by atoms with van der Waals surface area (Å²) in [6.45, 7) is 8.77. The van der Waals surface area contributed by atoms with Crippen molar-refractivity contribution in [2.24, 2.45) is 4.99 Å². The smallest absolute Gasteiger partial charge is 0.341 e. The summed E-state index contributed by atoms with van der Waals surface area (Å²) in [5, 5.41) is 3.45. The second-order valence-electron chi connectivity index (χ2n) is 5.88. The molecular weight excluding hydrogens is 386 g/mol. The van der Waals surface area contributed by atoms with Crippen molar-refractivity contribution in [2.75, 3.05) is 25.5 Å². The topological polar surface area (TPSA) is 88.1 Å². The molecule has 0 bridgehead atoms. The first-order valence-corrected chi connectivity index (χ1v) is 10.6. The van der Waals surface area contributed by atoms with Crippen molar-refractivity contribution < 1.29 is 19.1 Å². The van der Waals surface area contributed by atoms with Gasteiger partial charge in [0.25, 0.3) is 0 Å². The largest absolute Gasteiger partial charge is 0.465 e. The van der Waals surface area contributed by atoms with Crippen LogP contribution in [-0.4, -0.2) is 53.3 Å². The Bertz CT molecular complexity index is 773. The van der Waals surface area contributed by atoms with Crippen LogP contribution in [0.25, 0.3) is 0 Å². The van der Waals surface area contributed by atoms with Crippen LogP contribution < -0.4 is 5.32 Å². The zero-order valence-corrected chi connectivity index (χ0v) is 17.9. The van der Waals surface area contributed by atoms with E-state index in [1.54, 1.807) is 4.90 Å². The molecule has 1 atom stereocenters. The van der Waals surface area contributed by atoms with Gasteiger partial charge in [-0.05, 0) is 32.8 Å². The van der Waals surface area contributed by atoms with E-state index in [-0.39, 0.29) is 18.2 Å². The van der Waals surface area contributed by atoms with Crippen LogP contribution in [0.5, 0.6) is 0 Å². The fourth-order valence-corrected chi connectivity index (χ4v) is 5.36. The first kappa shape index (κ1) is 21.4. The summed E-state index contributed by atoms with van der Waals surface area (Å²) in [5.41, 5.74) is 1.28. The summed E-state index contributed by atoms with van der Waals surface area (Å²) in [4.78, 5) is 44.1. The molecule has 0 unspecified atom stereocenters. The molecule has 27 heavy (non-hydrogen) atoms. The number of carbonyl (C=O) groups excluding carboxylic acids is 3. The molecule has 2 rings (SSSR count). The maximum atomic E-state index is 12.6. The Labute approximate surface area is 167 Å². The van der Waals surface area contributed by atoms with Gasteiger partial charge in [-0.1, -0.05) is 18.7 Å². The van der Waals surface area contributed by atoms with Crippen LogP contribution in [0, 0.1) is 6.92 Å². The predicted molar refractivity (Wildman–Crippen MR) is 110 cm³/mol. The molecule has 1 aromatic rings. The third-order valence-corrected chi connectivity index (χ3v) is 6.48. The van der Waals surface area contributed by atoms with E-state index in [9.17, 15) is 14.4 Å². The van der Waals surface area contributed by atoms with E-state index in [4.69, 9.17) is 4.74 Å². The molecule has 1 saturated heterocycles. The van der Waals surface area contributed by atoms with Gasteiger partial charge in [-0.15, -0.1) is 11.3 Å². The molecule has 0 aliphatic carbocycles. The predicted octanol–water partition coefficient (Wildman–Crippen LogP) is 3.07. The summed E-state index contributed by atoms with van der Waals surface area (Å²) in [6.07, 6.45) is 0.698. The number of amides is 2. The molecule has 1 aromatic heterocycles. The SMILES string of the molecule is CCN=C1S[C@@H](CC(=O)Nc2sc(C)c(CC)c2C(=O)OC)C(=O)N1CC. The van der Waals surface area contributed by atoms with Gasteiger partial charge in [0.2, 0.25) is 11.8 Å². The Morgan fingerprint density at radius 2 is 2.00 bits per heavy atom. The van der Waals surface area contributed by atoms with Gasteiger partial charge in [-0.25, -0.2) is 4.79 Å². The third-order valence-electron chi connectivity index (χ3n) is 4.21. The molecule has 0 spiro atoms. The number of nitrogens with zero attached hydrogens (tertiary/aromatic N) is 2. The van der Waals surface area contributed by atoms with Crippen molar-refractivity contribution in [3.8, 4) is 0 Å². The lowest BCUT2D eigenvalue weighted by molar-refractivity contribution is -0.128. The highest BCUT2D eigenvalue weighted by atomic mass is 32.2.